The third kappa shape index (κ3) is 2.80. The fraction of sp³-hybridized carbons (Fsp3) is 0.130. The van der Waals surface area contributed by atoms with E-state index in [1.165, 1.54) is 24.0 Å². The minimum Gasteiger partial charge on any atom is -0.298 e. The molecule has 0 bridgehead atoms. The van der Waals surface area contributed by atoms with Crippen molar-refractivity contribution < 1.29 is 9.59 Å². The molecule has 0 aromatic heterocycles. The van der Waals surface area contributed by atoms with E-state index in [1.807, 2.05) is 24.3 Å². The molecule has 0 spiro atoms. The van der Waals surface area contributed by atoms with E-state index in [0.29, 0.717) is 22.6 Å². The molecule has 3 aromatic carbocycles. The summed E-state index contributed by atoms with van der Waals surface area (Å²) in [6.07, 6.45) is 4.10. The maximum absolute atomic E-state index is 11.6. The van der Waals surface area contributed by atoms with Crippen LogP contribution in [0.5, 0.6) is 0 Å². The Morgan fingerprint density at radius 1 is 0.640 bits per heavy atom. The summed E-state index contributed by atoms with van der Waals surface area (Å²) < 4.78 is 0. The van der Waals surface area contributed by atoms with Gasteiger partial charge in [-0.2, -0.15) is 0 Å². The fourth-order valence-corrected chi connectivity index (χ4v) is 3.52. The number of rotatable bonds is 5. The van der Waals surface area contributed by atoms with E-state index in [9.17, 15) is 9.59 Å². The van der Waals surface area contributed by atoms with Crippen LogP contribution >= 0.6 is 0 Å². The van der Waals surface area contributed by atoms with Crippen molar-refractivity contribution in [2.24, 2.45) is 0 Å². The number of carbonyl (C=O) groups excluding carboxylic acids is 2. The minimum absolute atomic E-state index is 0.543. The van der Waals surface area contributed by atoms with Crippen LogP contribution in [0, 0.1) is 0 Å². The Morgan fingerprint density at radius 3 is 1.80 bits per heavy atom. The zero-order chi connectivity index (χ0) is 17.2. The van der Waals surface area contributed by atoms with Crippen LogP contribution in [0.15, 0.2) is 66.7 Å². The summed E-state index contributed by atoms with van der Waals surface area (Å²) >= 11 is 0. The molecule has 0 atom stereocenters. The molecule has 0 aliphatic heterocycles. The van der Waals surface area contributed by atoms with Crippen molar-refractivity contribution in [3.63, 3.8) is 0 Å². The first-order chi connectivity index (χ1) is 12.3. The second-order valence-corrected chi connectivity index (χ2v) is 6.45. The minimum atomic E-state index is 0.543. The van der Waals surface area contributed by atoms with E-state index in [2.05, 4.69) is 24.3 Å². The predicted octanol–water partition coefficient (Wildman–Crippen LogP) is 5.52. The van der Waals surface area contributed by atoms with Gasteiger partial charge in [-0.25, -0.2) is 0 Å². The van der Waals surface area contributed by atoms with E-state index in [4.69, 9.17) is 0 Å². The van der Waals surface area contributed by atoms with Crippen LogP contribution < -0.4 is 0 Å². The van der Waals surface area contributed by atoms with Crippen LogP contribution in [0.25, 0.3) is 22.3 Å². The molecule has 25 heavy (non-hydrogen) atoms. The quantitative estimate of drug-likeness (QED) is 0.578. The van der Waals surface area contributed by atoms with Crippen LogP contribution in [-0.4, -0.2) is 12.6 Å². The van der Waals surface area contributed by atoms with E-state index in [1.54, 1.807) is 18.2 Å². The summed E-state index contributed by atoms with van der Waals surface area (Å²) in [5, 5.41) is 0. The van der Waals surface area contributed by atoms with E-state index >= 15 is 0 Å². The SMILES string of the molecule is O=Cc1cccc(C=O)c1-c1ccccc1-c1ccccc1C1CC1. The third-order valence-electron chi connectivity index (χ3n) is 4.85. The largest absolute Gasteiger partial charge is 0.298 e. The number of hydrogen-bond acceptors (Lipinski definition) is 2. The maximum atomic E-state index is 11.6. The first-order valence-corrected chi connectivity index (χ1v) is 8.55. The number of benzene rings is 3. The molecule has 0 radical (unpaired) electrons. The zero-order valence-corrected chi connectivity index (χ0v) is 13.8. The Morgan fingerprint density at radius 2 is 1.20 bits per heavy atom. The molecule has 1 aliphatic rings. The van der Waals surface area contributed by atoms with Crippen molar-refractivity contribution >= 4 is 12.6 Å². The van der Waals surface area contributed by atoms with Crippen LogP contribution in [0.1, 0.15) is 45.0 Å². The first-order valence-electron chi connectivity index (χ1n) is 8.55. The lowest BCUT2D eigenvalue weighted by molar-refractivity contribution is 0.112. The van der Waals surface area contributed by atoms with Crippen molar-refractivity contribution in [2.45, 2.75) is 18.8 Å². The Hall–Kier alpha value is -3.00. The molecule has 3 aromatic rings. The summed E-state index contributed by atoms with van der Waals surface area (Å²) in [5.74, 6) is 0.621. The molecule has 1 aliphatic carbocycles. The molecule has 0 unspecified atom stereocenters. The monoisotopic (exact) mass is 326 g/mol. The fourth-order valence-electron chi connectivity index (χ4n) is 3.52. The molecule has 122 valence electrons. The average Bonchev–Trinajstić information content (AvgIpc) is 3.52. The lowest BCUT2D eigenvalue weighted by atomic mass is 9.87. The zero-order valence-electron chi connectivity index (χ0n) is 13.8. The molecule has 1 saturated carbocycles. The Kier molecular flexibility index (Phi) is 4.02. The molecule has 1 fully saturated rings. The van der Waals surface area contributed by atoms with Gasteiger partial charge in [0, 0.05) is 16.7 Å². The van der Waals surface area contributed by atoms with Crippen molar-refractivity contribution in [3.05, 3.63) is 83.4 Å². The molecule has 0 saturated heterocycles. The summed E-state index contributed by atoms with van der Waals surface area (Å²) in [6.45, 7) is 0. The number of hydrogen-bond donors (Lipinski definition) is 0. The second kappa shape index (κ2) is 6.48. The summed E-state index contributed by atoms with van der Waals surface area (Å²) in [7, 11) is 0. The van der Waals surface area contributed by atoms with Gasteiger partial charge in [-0.05, 0) is 41.0 Å². The molecule has 2 nitrogen and oxygen atoms in total. The molecule has 0 amide bonds. The molecular formula is C23H18O2. The van der Waals surface area contributed by atoms with Crippen molar-refractivity contribution in [2.75, 3.05) is 0 Å². The molecule has 0 heterocycles. The van der Waals surface area contributed by atoms with Gasteiger partial charge in [0.15, 0.2) is 12.6 Å². The average molecular weight is 326 g/mol. The van der Waals surface area contributed by atoms with Crippen molar-refractivity contribution in [1.82, 2.24) is 0 Å². The lowest BCUT2D eigenvalue weighted by Gasteiger charge is -2.16. The number of aldehydes is 2. The summed E-state index contributed by atoms with van der Waals surface area (Å²) in [4.78, 5) is 23.2. The first kappa shape index (κ1) is 15.5. The highest BCUT2D eigenvalue weighted by atomic mass is 16.1. The van der Waals surface area contributed by atoms with Crippen LogP contribution in [0.3, 0.4) is 0 Å². The van der Waals surface area contributed by atoms with Crippen LogP contribution in [0.4, 0.5) is 0 Å². The maximum Gasteiger partial charge on any atom is 0.150 e. The van der Waals surface area contributed by atoms with E-state index in [0.717, 1.165) is 23.7 Å². The van der Waals surface area contributed by atoms with Gasteiger partial charge in [0.25, 0.3) is 0 Å². The second-order valence-electron chi connectivity index (χ2n) is 6.45. The van der Waals surface area contributed by atoms with Gasteiger partial charge in [-0.1, -0.05) is 66.7 Å². The Balaban J connectivity index is 1.99. The highest BCUT2D eigenvalue weighted by Gasteiger charge is 2.27. The van der Waals surface area contributed by atoms with Crippen molar-refractivity contribution in [1.29, 1.82) is 0 Å². The van der Waals surface area contributed by atoms with Gasteiger partial charge in [0.1, 0.15) is 0 Å². The standard InChI is InChI=1S/C23H18O2/c24-14-17-6-5-7-18(15-25)23(17)22-11-4-3-10-21(22)20-9-2-1-8-19(20)16-12-13-16/h1-11,14-16H,12-13H2. The predicted molar refractivity (Wildman–Crippen MR) is 100 cm³/mol. The number of carbonyl (C=O) groups is 2. The molecule has 2 heteroatoms. The summed E-state index contributed by atoms with van der Waals surface area (Å²) in [6, 6.07) is 21.8. The molecule has 0 N–H and O–H groups in total. The van der Waals surface area contributed by atoms with Gasteiger partial charge < -0.3 is 0 Å². The van der Waals surface area contributed by atoms with Gasteiger partial charge in [0.2, 0.25) is 0 Å². The topological polar surface area (TPSA) is 34.1 Å². The van der Waals surface area contributed by atoms with E-state index < -0.39 is 0 Å². The Labute approximate surface area is 147 Å². The highest BCUT2D eigenvalue weighted by Crippen LogP contribution is 2.46. The van der Waals surface area contributed by atoms with Gasteiger partial charge in [-0.3, -0.25) is 9.59 Å². The van der Waals surface area contributed by atoms with E-state index in [-0.39, 0.29) is 0 Å². The third-order valence-corrected chi connectivity index (χ3v) is 4.85. The van der Waals surface area contributed by atoms with Gasteiger partial charge >= 0.3 is 0 Å². The van der Waals surface area contributed by atoms with Gasteiger partial charge in [0.05, 0.1) is 0 Å². The molecular weight excluding hydrogens is 308 g/mol. The van der Waals surface area contributed by atoms with Crippen LogP contribution in [-0.2, 0) is 0 Å². The normalized spacial score (nSPS) is 13.4. The highest BCUT2D eigenvalue weighted by molar-refractivity contribution is 6.01. The Bertz CT molecular complexity index is 926. The summed E-state index contributed by atoms with van der Waals surface area (Å²) in [5.41, 5.74) is 6.35. The van der Waals surface area contributed by atoms with Crippen LogP contribution in [0.2, 0.25) is 0 Å². The van der Waals surface area contributed by atoms with Gasteiger partial charge in [-0.15, -0.1) is 0 Å². The molecule has 4 rings (SSSR count). The smallest absolute Gasteiger partial charge is 0.150 e. The van der Waals surface area contributed by atoms with Crippen molar-refractivity contribution in [3.8, 4) is 22.3 Å². The lowest BCUT2D eigenvalue weighted by Crippen LogP contribution is -1.97.